The lowest BCUT2D eigenvalue weighted by molar-refractivity contribution is -0.120. The highest BCUT2D eigenvalue weighted by molar-refractivity contribution is 6.46. The van der Waals surface area contributed by atoms with Gasteiger partial charge in [-0.15, -0.1) is 0 Å². The van der Waals surface area contributed by atoms with E-state index in [1.54, 1.807) is 18.2 Å². The Hall–Kier alpha value is -3.57. The third-order valence-electron chi connectivity index (χ3n) is 5.94. The van der Waals surface area contributed by atoms with Crippen LogP contribution in [0.3, 0.4) is 0 Å². The Balaban J connectivity index is 1.87. The third kappa shape index (κ3) is 4.24. The molecule has 0 atom stereocenters. The number of halogens is 1. The van der Waals surface area contributed by atoms with E-state index in [0.717, 1.165) is 22.4 Å². The third-order valence-corrected chi connectivity index (χ3v) is 6.18. The maximum absolute atomic E-state index is 13.7. The molecule has 3 aromatic carbocycles. The predicted octanol–water partition coefficient (Wildman–Crippen LogP) is 5.73. The van der Waals surface area contributed by atoms with Gasteiger partial charge in [0, 0.05) is 30.5 Å². The number of nitrogens with one attached hydrogen (secondary N) is 1. The minimum Gasteiger partial charge on any atom is -0.378 e. The highest BCUT2D eigenvalue weighted by Crippen LogP contribution is 2.36. The highest BCUT2D eigenvalue weighted by Gasteiger charge is 2.40. The van der Waals surface area contributed by atoms with E-state index in [-0.39, 0.29) is 11.6 Å². The van der Waals surface area contributed by atoms with Crippen LogP contribution in [-0.4, -0.2) is 25.9 Å². The van der Waals surface area contributed by atoms with Crippen LogP contribution in [0.4, 0.5) is 17.1 Å². The molecule has 33 heavy (non-hydrogen) atoms. The molecule has 0 radical (unpaired) electrons. The van der Waals surface area contributed by atoms with Crippen molar-refractivity contribution in [2.45, 2.75) is 20.8 Å². The van der Waals surface area contributed by atoms with Gasteiger partial charge in [0.2, 0.25) is 0 Å². The number of hydrogen-bond acceptors (Lipinski definition) is 4. The SMILES string of the molecule is Cc1ccc(C2=C(Nc3cc(Cl)ccc3C)C(=O)N(c3cccc(N(C)C)c3)C2=O)cc1C. The van der Waals surface area contributed by atoms with Gasteiger partial charge in [-0.05, 0) is 73.4 Å². The lowest BCUT2D eigenvalue weighted by Gasteiger charge is -2.19. The molecule has 1 heterocycles. The number of imide groups is 1. The van der Waals surface area contributed by atoms with Crippen LogP contribution in [0, 0.1) is 20.8 Å². The molecule has 0 unspecified atom stereocenters. The molecule has 168 valence electrons. The first-order valence-corrected chi connectivity index (χ1v) is 11.1. The number of carbonyl (C=O) groups is 2. The van der Waals surface area contributed by atoms with Gasteiger partial charge in [0.25, 0.3) is 11.8 Å². The minimum atomic E-state index is -0.400. The van der Waals surface area contributed by atoms with Crippen molar-refractivity contribution in [1.82, 2.24) is 0 Å². The summed E-state index contributed by atoms with van der Waals surface area (Å²) in [6.45, 7) is 5.93. The van der Waals surface area contributed by atoms with Crippen molar-refractivity contribution in [1.29, 1.82) is 0 Å². The van der Waals surface area contributed by atoms with Crippen LogP contribution in [0.5, 0.6) is 0 Å². The monoisotopic (exact) mass is 459 g/mol. The number of hydrogen-bond donors (Lipinski definition) is 1. The molecular weight excluding hydrogens is 434 g/mol. The van der Waals surface area contributed by atoms with Crippen LogP contribution < -0.4 is 15.1 Å². The van der Waals surface area contributed by atoms with Crippen molar-refractivity contribution in [3.63, 3.8) is 0 Å². The second-order valence-electron chi connectivity index (χ2n) is 8.49. The zero-order valence-electron chi connectivity index (χ0n) is 19.4. The molecule has 6 heteroatoms. The van der Waals surface area contributed by atoms with Crippen LogP contribution in [0.2, 0.25) is 5.02 Å². The summed E-state index contributed by atoms with van der Waals surface area (Å²) in [5.74, 6) is -0.759. The fourth-order valence-electron chi connectivity index (χ4n) is 3.82. The molecule has 5 nitrogen and oxygen atoms in total. The molecule has 0 aliphatic carbocycles. The zero-order chi connectivity index (χ0) is 23.9. The van der Waals surface area contributed by atoms with Gasteiger partial charge >= 0.3 is 0 Å². The Morgan fingerprint density at radius 1 is 0.818 bits per heavy atom. The summed E-state index contributed by atoms with van der Waals surface area (Å²) in [5, 5.41) is 3.77. The summed E-state index contributed by atoms with van der Waals surface area (Å²) in [5.41, 5.74) is 6.47. The van der Waals surface area contributed by atoms with Crippen LogP contribution in [0.1, 0.15) is 22.3 Å². The van der Waals surface area contributed by atoms with Crippen molar-refractivity contribution in [2.24, 2.45) is 0 Å². The average Bonchev–Trinajstić information content (AvgIpc) is 3.02. The van der Waals surface area contributed by atoms with Crippen molar-refractivity contribution < 1.29 is 9.59 Å². The zero-order valence-corrected chi connectivity index (χ0v) is 20.1. The number of rotatable bonds is 5. The Morgan fingerprint density at radius 3 is 2.24 bits per heavy atom. The molecule has 0 saturated carbocycles. The number of carbonyl (C=O) groups excluding carboxylic acids is 2. The number of amides is 2. The number of nitrogens with zero attached hydrogens (tertiary/aromatic N) is 2. The number of benzene rings is 3. The summed E-state index contributed by atoms with van der Waals surface area (Å²) < 4.78 is 0. The lowest BCUT2D eigenvalue weighted by Crippen LogP contribution is -2.32. The van der Waals surface area contributed by atoms with Gasteiger partial charge in [0.15, 0.2) is 0 Å². The molecule has 3 aromatic rings. The summed E-state index contributed by atoms with van der Waals surface area (Å²) in [7, 11) is 3.83. The molecular formula is C27H26ClN3O2. The Kier molecular flexibility index (Phi) is 6.00. The minimum absolute atomic E-state index is 0.240. The van der Waals surface area contributed by atoms with E-state index in [2.05, 4.69) is 5.32 Å². The second-order valence-corrected chi connectivity index (χ2v) is 8.93. The Labute approximate surface area is 199 Å². The Bertz CT molecular complexity index is 1310. The second kappa shape index (κ2) is 8.75. The first-order chi connectivity index (χ1) is 15.7. The molecule has 4 rings (SSSR count). The topological polar surface area (TPSA) is 52.7 Å². The van der Waals surface area contributed by atoms with E-state index in [0.29, 0.717) is 27.5 Å². The molecule has 1 N–H and O–H groups in total. The molecule has 1 aliphatic heterocycles. The largest absolute Gasteiger partial charge is 0.378 e. The van der Waals surface area contributed by atoms with Crippen molar-refractivity contribution in [3.8, 4) is 0 Å². The van der Waals surface area contributed by atoms with Gasteiger partial charge in [-0.1, -0.05) is 41.9 Å². The van der Waals surface area contributed by atoms with Gasteiger partial charge in [0.05, 0.1) is 11.3 Å². The molecule has 1 aliphatic rings. The fourth-order valence-corrected chi connectivity index (χ4v) is 3.99. The van der Waals surface area contributed by atoms with E-state index < -0.39 is 5.91 Å². The van der Waals surface area contributed by atoms with Crippen LogP contribution in [0.15, 0.2) is 66.4 Å². The van der Waals surface area contributed by atoms with Gasteiger partial charge in [-0.2, -0.15) is 0 Å². The molecule has 0 aromatic heterocycles. The molecule has 0 bridgehead atoms. The summed E-state index contributed by atoms with van der Waals surface area (Å²) in [4.78, 5) is 30.6. The van der Waals surface area contributed by atoms with E-state index in [1.807, 2.05) is 82.2 Å². The first-order valence-electron chi connectivity index (χ1n) is 10.7. The summed E-state index contributed by atoms with van der Waals surface area (Å²) >= 11 is 6.21. The van der Waals surface area contributed by atoms with E-state index >= 15 is 0 Å². The van der Waals surface area contributed by atoms with E-state index in [1.165, 1.54) is 4.90 Å². The van der Waals surface area contributed by atoms with E-state index in [9.17, 15) is 9.59 Å². The lowest BCUT2D eigenvalue weighted by atomic mass is 9.99. The van der Waals surface area contributed by atoms with Gasteiger partial charge in [-0.25, -0.2) is 4.90 Å². The number of aryl methyl sites for hydroxylation is 3. The molecule has 0 spiro atoms. The van der Waals surface area contributed by atoms with Crippen LogP contribution in [0.25, 0.3) is 5.57 Å². The fraction of sp³-hybridized carbons (Fsp3) is 0.185. The van der Waals surface area contributed by atoms with Gasteiger partial charge in [0.1, 0.15) is 5.70 Å². The standard InChI is InChI=1S/C27H26ClN3O2/c1-16-9-11-19(13-18(16)3)24-25(29-23-14-20(28)12-10-17(23)2)27(33)31(26(24)32)22-8-6-7-21(15-22)30(4)5/h6-15,29H,1-5H3. The summed E-state index contributed by atoms with van der Waals surface area (Å²) in [6.07, 6.45) is 0. The van der Waals surface area contributed by atoms with Crippen LogP contribution in [-0.2, 0) is 9.59 Å². The maximum atomic E-state index is 13.7. The quantitative estimate of drug-likeness (QED) is 0.495. The van der Waals surface area contributed by atoms with Crippen molar-refractivity contribution in [3.05, 3.63) is 93.6 Å². The molecule has 0 saturated heterocycles. The van der Waals surface area contributed by atoms with Crippen molar-refractivity contribution in [2.75, 3.05) is 29.2 Å². The molecule has 0 fully saturated rings. The highest BCUT2D eigenvalue weighted by atomic mass is 35.5. The normalized spacial score (nSPS) is 13.7. The smallest absolute Gasteiger partial charge is 0.282 e. The van der Waals surface area contributed by atoms with Gasteiger partial charge < -0.3 is 10.2 Å². The average molecular weight is 460 g/mol. The van der Waals surface area contributed by atoms with Crippen LogP contribution >= 0.6 is 11.6 Å². The van der Waals surface area contributed by atoms with Gasteiger partial charge in [-0.3, -0.25) is 9.59 Å². The number of anilines is 3. The Morgan fingerprint density at radius 2 is 1.55 bits per heavy atom. The van der Waals surface area contributed by atoms with E-state index in [4.69, 9.17) is 11.6 Å². The maximum Gasteiger partial charge on any atom is 0.282 e. The molecule has 2 amide bonds. The first kappa shape index (κ1) is 22.6. The summed E-state index contributed by atoms with van der Waals surface area (Å²) in [6, 6.07) is 18.6. The predicted molar refractivity (Wildman–Crippen MR) is 136 cm³/mol. The van der Waals surface area contributed by atoms with Crippen molar-refractivity contribution >= 4 is 46.1 Å².